The van der Waals surface area contributed by atoms with Crippen LogP contribution in [0.1, 0.15) is 17.7 Å². The van der Waals surface area contributed by atoms with Gasteiger partial charge in [0.1, 0.15) is 5.75 Å². The number of para-hydroxylation sites is 1. The zero-order chi connectivity index (χ0) is 17.2. The number of anilines is 1. The number of carbonyl (C=O) groups excluding carboxylic acids is 1. The van der Waals surface area contributed by atoms with Gasteiger partial charge < -0.3 is 20.4 Å². The molecular formula is C20H21N3O2. The Kier molecular flexibility index (Phi) is 4.06. The number of fused-ring (bicyclic) bond motifs is 3. The molecule has 1 aliphatic carbocycles. The molecule has 3 N–H and O–H groups in total. The molecule has 5 nitrogen and oxygen atoms in total. The van der Waals surface area contributed by atoms with Crippen molar-refractivity contribution in [3.05, 3.63) is 59.8 Å². The number of nitrogens with one attached hydrogen (secondary N) is 3. The van der Waals surface area contributed by atoms with Crippen LogP contribution in [0.5, 0.6) is 5.75 Å². The SMILES string of the molecule is COc1ccc2[nH]c3c(c2c1)CC(NC(=O)Nc1ccccc1)CC3. The molecule has 3 aromatic rings. The number of aromatic nitrogens is 1. The summed E-state index contributed by atoms with van der Waals surface area (Å²) in [5.74, 6) is 0.853. The number of ether oxygens (including phenoxy) is 1. The number of amides is 2. The van der Waals surface area contributed by atoms with Crippen molar-refractivity contribution in [1.29, 1.82) is 0 Å². The number of methoxy groups -OCH3 is 1. The highest BCUT2D eigenvalue weighted by Crippen LogP contribution is 2.31. The summed E-state index contributed by atoms with van der Waals surface area (Å²) in [6.07, 6.45) is 2.69. The van der Waals surface area contributed by atoms with Gasteiger partial charge in [0, 0.05) is 28.3 Å². The monoisotopic (exact) mass is 335 g/mol. The fraction of sp³-hybridized carbons (Fsp3) is 0.250. The fourth-order valence-corrected chi connectivity index (χ4v) is 3.52. The number of hydrogen-bond donors (Lipinski definition) is 3. The molecule has 1 aliphatic rings. The van der Waals surface area contributed by atoms with Gasteiger partial charge in [-0.15, -0.1) is 0 Å². The third-order valence-electron chi connectivity index (χ3n) is 4.76. The number of hydrogen-bond acceptors (Lipinski definition) is 2. The molecule has 1 aromatic heterocycles. The number of aryl methyl sites for hydroxylation is 1. The summed E-state index contributed by atoms with van der Waals surface area (Å²) < 4.78 is 5.35. The normalized spacial score (nSPS) is 16.3. The van der Waals surface area contributed by atoms with E-state index in [2.05, 4.69) is 27.8 Å². The summed E-state index contributed by atoms with van der Waals surface area (Å²) in [6.45, 7) is 0. The zero-order valence-corrected chi connectivity index (χ0v) is 14.1. The second kappa shape index (κ2) is 6.51. The van der Waals surface area contributed by atoms with E-state index in [-0.39, 0.29) is 12.1 Å². The molecule has 0 saturated heterocycles. The zero-order valence-electron chi connectivity index (χ0n) is 14.1. The highest BCUT2D eigenvalue weighted by Gasteiger charge is 2.24. The van der Waals surface area contributed by atoms with Crippen LogP contribution in [-0.4, -0.2) is 24.2 Å². The maximum Gasteiger partial charge on any atom is 0.319 e. The van der Waals surface area contributed by atoms with E-state index < -0.39 is 0 Å². The van der Waals surface area contributed by atoms with Gasteiger partial charge in [-0.2, -0.15) is 0 Å². The van der Waals surface area contributed by atoms with Crippen LogP contribution in [0.4, 0.5) is 10.5 Å². The highest BCUT2D eigenvalue weighted by atomic mass is 16.5. The van der Waals surface area contributed by atoms with Crippen LogP contribution >= 0.6 is 0 Å². The molecule has 0 radical (unpaired) electrons. The minimum atomic E-state index is -0.155. The predicted molar refractivity (Wildman–Crippen MR) is 99.3 cm³/mol. The Balaban J connectivity index is 1.49. The van der Waals surface area contributed by atoms with Gasteiger partial charge in [0.05, 0.1) is 7.11 Å². The lowest BCUT2D eigenvalue weighted by atomic mass is 9.91. The highest BCUT2D eigenvalue weighted by molar-refractivity contribution is 5.90. The molecule has 1 unspecified atom stereocenters. The summed E-state index contributed by atoms with van der Waals surface area (Å²) in [7, 11) is 1.68. The Morgan fingerprint density at radius 3 is 2.84 bits per heavy atom. The molecule has 0 saturated carbocycles. The third kappa shape index (κ3) is 3.18. The Bertz CT molecular complexity index is 902. The van der Waals surface area contributed by atoms with Gasteiger partial charge in [0.15, 0.2) is 0 Å². The van der Waals surface area contributed by atoms with Crippen LogP contribution in [-0.2, 0) is 12.8 Å². The van der Waals surface area contributed by atoms with E-state index in [1.807, 2.05) is 36.4 Å². The number of urea groups is 1. The van der Waals surface area contributed by atoms with Crippen LogP contribution in [0.3, 0.4) is 0 Å². The molecule has 25 heavy (non-hydrogen) atoms. The Morgan fingerprint density at radius 2 is 2.04 bits per heavy atom. The van der Waals surface area contributed by atoms with Gasteiger partial charge in [0.2, 0.25) is 0 Å². The van der Waals surface area contributed by atoms with Gasteiger partial charge >= 0.3 is 6.03 Å². The van der Waals surface area contributed by atoms with E-state index in [1.165, 1.54) is 16.6 Å². The average molecular weight is 335 g/mol. The van der Waals surface area contributed by atoms with Crippen LogP contribution < -0.4 is 15.4 Å². The second-order valence-electron chi connectivity index (χ2n) is 6.40. The molecule has 4 rings (SSSR count). The fourth-order valence-electron chi connectivity index (χ4n) is 3.52. The summed E-state index contributed by atoms with van der Waals surface area (Å²) in [5, 5.41) is 7.17. The molecule has 1 atom stereocenters. The van der Waals surface area contributed by atoms with E-state index in [0.717, 1.165) is 36.2 Å². The largest absolute Gasteiger partial charge is 0.497 e. The maximum absolute atomic E-state index is 12.2. The molecule has 5 heteroatoms. The number of carbonyl (C=O) groups is 1. The van der Waals surface area contributed by atoms with Crippen LogP contribution in [0.25, 0.3) is 10.9 Å². The molecule has 0 fully saturated rings. The molecular weight excluding hydrogens is 314 g/mol. The summed E-state index contributed by atoms with van der Waals surface area (Å²) >= 11 is 0. The van der Waals surface area contributed by atoms with E-state index in [4.69, 9.17) is 4.74 Å². The van der Waals surface area contributed by atoms with Gasteiger partial charge in [0.25, 0.3) is 0 Å². The van der Waals surface area contributed by atoms with Crippen molar-refractivity contribution in [3.8, 4) is 5.75 Å². The Hall–Kier alpha value is -2.95. The van der Waals surface area contributed by atoms with E-state index in [1.54, 1.807) is 7.11 Å². The minimum Gasteiger partial charge on any atom is -0.497 e. The first-order valence-electron chi connectivity index (χ1n) is 8.53. The van der Waals surface area contributed by atoms with Crippen LogP contribution in [0, 0.1) is 0 Å². The van der Waals surface area contributed by atoms with Crippen LogP contribution in [0.15, 0.2) is 48.5 Å². The van der Waals surface area contributed by atoms with Crippen molar-refractivity contribution in [2.24, 2.45) is 0 Å². The maximum atomic E-state index is 12.2. The number of H-pyrrole nitrogens is 1. The average Bonchev–Trinajstić information content (AvgIpc) is 2.99. The molecule has 2 amide bonds. The minimum absolute atomic E-state index is 0.126. The molecule has 128 valence electrons. The molecule has 1 heterocycles. The first kappa shape index (κ1) is 15.6. The summed E-state index contributed by atoms with van der Waals surface area (Å²) in [4.78, 5) is 15.7. The Labute approximate surface area is 146 Å². The number of rotatable bonds is 3. The quantitative estimate of drug-likeness (QED) is 0.680. The third-order valence-corrected chi connectivity index (χ3v) is 4.76. The van der Waals surface area contributed by atoms with Gasteiger partial charge in [-0.3, -0.25) is 0 Å². The summed E-state index contributed by atoms with van der Waals surface area (Å²) in [5.41, 5.74) is 4.48. The summed E-state index contributed by atoms with van der Waals surface area (Å²) in [6, 6.07) is 15.6. The topological polar surface area (TPSA) is 66.1 Å². The lowest BCUT2D eigenvalue weighted by Gasteiger charge is -2.24. The molecule has 0 spiro atoms. The Morgan fingerprint density at radius 1 is 1.20 bits per heavy atom. The van der Waals surface area contributed by atoms with Crippen molar-refractivity contribution in [2.75, 3.05) is 12.4 Å². The van der Waals surface area contributed by atoms with Crippen molar-refractivity contribution in [1.82, 2.24) is 10.3 Å². The van der Waals surface area contributed by atoms with E-state index in [0.29, 0.717) is 0 Å². The van der Waals surface area contributed by atoms with Crippen molar-refractivity contribution >= 4 is 22.6 Å². The van der Waals surface area contributed by atoms with E-state index >= 15 is 0 Å². The lowest BCUT2D eigenvalue weighted by Crippen LogP contribution is -2.41. The predicted octanol–water partition coefficient (Wildman–Crippen LogP) is 3.86. The van der Waals surface area contributed by atoms with Crippen LogP contribution in [0.2, 0.25) is 0 Å². The van der Waals surface area contributed by atoms with Gasteiger partial charge in [-0.05, 0) is 55.2 Å². The first-order chi connectivity index (χ1) is 12.2. The number of benzene rings is 2. The van der Waals surface area contributed by atoms with Gasteiger partial charge in [-0.25, -0.2) is 4.79 Å². The van der Waals surface area contributed by atoms with Crippen molar-refractivity contribution < 1.29 is 9.53 Å². The smallest absolute Gasteiger partial charge is 0.319 e. The van der Waals surface area contributed by atoms with E-state index in [9.17, 15) is 4.79 Å². The number of aromatic amines is 1. The second-order valence-corrected chi connectivity index (χ2v) is 6.40. The molecule has 2 aromatic carbocycles. The first-order valence-corrected chi connectivity index (χ1v) is 8.53. The van der Waals surface area contributed by atoms with Crippen molar-refractivity contribution in [3.63, 3.8) is 0 Å². The lowest BCUT2D eigenvalue weighted by molar-refractivity contribution is 0.247. The van der Waals surface area contributed by atoms with Gasteiger partial charge in [-0.1, -0.05) is 18.2 Å². The molecule has 0 aliphatic heterocycles. The van der Waals surface area contributed by atoms with Crippen molar-refractivity contribution in [2.45, 2.75) is 25.3 Å². The standard InChI is InChI=1S/C20H21N3O2/c1-25-15-8-10-19-17(12-15)16-11-14(7-9-18(16)23-19)22-20(24)21-13-5-3-2-4-6-13/h2-6,8,10,12,14,23H,7,9,11H2,1H3,(H2,21,22,24). The molecule has 0 bridgehead atoms.